The molecule has 2 heterocycles. The first kappa shape index (κ1) is 16.3. The van der Waals surface area contributed by atoms with E-state index in [1.54, 1.807) is 25.1 Å². The highest BCUT2D eigenvalue weighted by atomic mass is 35.5. The van der Waals surface area contributed by atoms with Crippen LogP contribution in [0.3, 0.4) is 0 Å². The maximum atomic E-state index is 12.8. The van der Waals surface area contributed by atoms with Crippen LogP contribution in [0.4, 0.5) is 8.78 Å². The van der Waals surface area contributed by atoms with Crippen molar-refractivity contribution in [3.8, 4) is 17.1 Å². The Bertz CT molecular complexity index is 824. The van der Waals surface area contributed by atoms with E-state index in [0.717, 1.165) is 0 Å². The van der Waals surface area contributed by atoms with Crippen LogP contribution in [-0.2, 0) is 0 Å². The van der Waals surface area contributed by atoms with Crippen LogP contribution in [0.1, 0.15) is 30.9 Å². The molecule has 124 valence electrons. The summed E-state index contributed by atoms with van der Waals surface area (Å²) >= 11 is 5.71. The molecule has 0 aliphatic rings. The molecule has 0 saturated carbocycles. The zero-order chi connectivity index (χ0) is 17.1. The molecule has 0 saturated heterocycles. The third-order valence-corrected chi connectivity index (χ3v) is 3.42. The van der Waals surface area contributed by atoms with Gasteiger partial charge in [0.15, 0.2) is 6.10 Å². The monoisotopic (exact) mass is 351 g/mol. The predicted octanol–water partition coefficient (Wildman–Crippen LogP) is 4.86. The topological polar surface area (TPSA) is 61.0 Å². The Morgan fingerprint density at radius 2 is 2.04 bits per heavy atom. The smallest absolute Gasteiger partial charge is 0.267 e. The van der Waals surface area contributed by atoms with E-state index in [9.17, 15) is 8.78 Å². The molecular formula is C16H12ClF2N3O2. The molecule has 3 aromatic rings. The molecule has 0 aliphatic heterocycles. The maximum Gasteiger partial charge on any atom is 0.267 e. The van der Waals surface area contributed by atoms with Gasteiger partial charge in [-0.1, -0.05) is 35.0 Å². The van der Waals surface area contributed by atoms with Gasteiger partial charge in [-0.25, -0.2) is 13.8 Å². The molecular weight excluding hydrogens is 340 g/mol. The summed E-state index contributed by atoms with van der Waals surface area (Å²) in [6.07, 6.45) is -1.62. The van der Waals surface area contributed by atoms with Crippen LogP contribution in [-0.4, -0.2) is 15.1 Å². The summed E-state index contributed by atoms with van der Waals surface area (Å²) in [7, 11) is 0. The van der Waals surface area contributed by atoms with Crippen LogP contribution in [0.2, 0.25) is 5.15 Å². The maximum absolute atomic E-state index is 12.8. The number of nitrogens with zero attached hydrogens (tertiary/aromatic N) is 3. The van der Waals surface area contributed by atoms with E-state index >= 15 is 0 Å². The molecule has 5 nitrogen and oxygen atoms in total. The van der Waals surface area contributed by atoms with Gasteiger partial charge in [-0.05, 0) is 25.1 Å². The number of halogens is 3. The molecule has 3 rings (SSSR count). The first-order valence-corrected chi connectivity index (χ1v) is 7.41. The van der Waals surface area contributed by atoms with Crippen LogP contribution < -0.4 is 4.74 Å². The fourth-order valence-electron chi connectivity index (χ4n) is 2.02. The minimum atomic E-state index is -2.56. The Morgan fingerprint density at radius 3 is 2.75 bits per heavy atom. The molecule has 0 unspecified atom stereocenters. The molecule has 0 amide bonds. The fourth-order valence-corrected chi connectivity index (χ4v) is 2.13. The lowest BCUT2D eigenvalue weighted by molar-refractivity contribution is 0.151. The van der Waals surface area contributed by atoms with Crippen molar-refractivity contribution >= 4 is 11.6 Å². The normalized spacial score (nSPS) is 12.4. The SMILES string of the molecule is C[C@H](Oc1ccc(Cl)nc1)c1nc(-c2cccc(C(F)F)c2)no1. The van der Waals surface area contributed by atoms with Crippen molar-refractivity contribution in [2.75, 3.05) is 0 Å². The third kappa shape index (κ3) is 3.68. The zero-order valence-corrected chi connectivity index (χ0v) is 13.2. The minimum Gasteiger partial charge on any atom is -0.479 e. The van der Waals surface area contributed by atoms with Gasteiger partial charge in [0, 0.05) is 11.1 Å². The molecule has 1 aromatic carbocycles. The molecule has 8 heteroatoms. The number of ether oxygens (including phenoxy) is 1. The Kier molecular flexibility index (Phi) is 4.71. The third-order valence-electron chi connectivity index (χ3n) is 3.20. The number of hydrogen-bond acceptors (Lipinski definition) is 5. The molecule has 1 atom stereocenters. The average Bonchev–Trinajstić information content (AvgIpc) is 3.07. The van der Waals surface area contributed by atoms with Gasteiger partial charge < -0.3 is 9.26 Å². The van der Waals surface area contributed by atoms with Gasteiger partial charge in [0.25, 0.3) is 12.3 Å². The summed E-state index contributed by atoms with van der Waals surface area (Å²) in [5.41, 5.74) is 0.346. The van der Waals surface area contributed by atoms with Crippen LogP contribution in [0.5, 0.6) is 5.75 Å². The van der Waals surface area contributed by atoms with E-state index in [1.807, 2.05) is 0 Å². The first-order chi connectivity index (χ1) is 11.5. The summed E-state index contributed by atoms with van der Waals surface area (Å²) in [4.78, 5) is 8.11. The predicted molar refractivity (Wildman–Crippen MR) is 83.0 cm³/mol. The lowest BCUT2D eigenvalue weighted by atomic mass is 10.1. The number of pyridine rings is 1. The van der Waals surface area contributed by atoms with Crippen molar-refractivity contribution in [2.24, 2.45) is 0 Å². The quantitative estimate of drug-likeness (QED) is 0.614. The zero-order valence-electron chi connectivity index (χ0n) is 12.5. The highest BCUT2D eigenvalue weighted by molar-refractivity contribution is 6.29. The highest BCUT2D eigenvalue weighted by Crippen LogP contribution is 2.26. The van der Waals surface area contributed by atoms with E-state index in [1.165, 1.54) is 24.4 Å². The van der Waals surface area contributed by atoms with E-state index in [4.69, 9.17) is 20.9 Å². The fraction of sp³-hybridized carbons (Fsp3) is 0.188. The van der Waals surface area contributed by atoms with E-state index in [0.29, 0.717) is 16.5 Å². The van der Waals surface area contributed by atoms with Crippen LogP contribution in [0, 0.1) is 0 Å². The van der Waals surface area contributed by atoms with E-state index in [-0.39, 0.29) is 17.3 Å². The molecule has 2 aromatic heterocycles. The lowest BCUT2D eigenvalue weighted by Gasteiger charge is -2.09. The molecule has 24 heavy (non-hydrogen) atoms. The summed E-state index contributed by atoms with van der Waals surface area (Å²) in [6, 6.07) is 9.08. The van der Waals surface area contributed by atoms with Crippen molar-refractivity contribution in [1.29, 1.82) is 0 Å². The Hall–Kier alpha value is -2.54. The second-order valence-electron chi connectivity index (χ2n) is 4.96. The summed E-state index contributed by atoms with van der Waals surface area (Å²) in [5.74, 6) is 0.936. The van der Waals surface area contributed by atoms with Crippen molar-refractivity contribution < 1.29 is 18.0 Å². The molecule has 0 N–H and O–H groups in total. The number of benzene rings is 1. The molecule has 0 fully saturated rings. The second kappa shape index (κ2) is 6.92. The van der Waals surface area contributed by atoms with E-state index < -0.39 is 12.5 Å². The molecule has 0 radical (unpaired) electrons. The van der Waals surface area contributed by atoms with Crippen molar-refractivity contribution in [2.45, 2.75) is 19.5 Å². The van der Waals surface area contributed by atoms with Gasteiger partial charge in [0.2, 0.25) is 5.82 Å². The van der Waals surface area contributed by atoms with E-state index in [2.05, 4.69) is 15.1 Å². The van der Waals surface area contributed by atoms with Gasteiger partial charge in [0.1, 0.15) is 10.9 Å². The van der Waals surface area contributed by atoms with Gasteiger partial charge in [-0.2, -0.15) is 4.98 Å². The molecule has 0 bridgehead atoms. The number of rotatable bonds is 5. The van der Waals surface area contributed by atoms with Crippen molar-refractivity contribution in [1.82, 2.24) is 15.1 Å². The van der Waals surface area contributed by atoms with Gasteiger partial charge in [-0.15, -0.1) is 0 Å². The number of alkyl halides is 2. The van der Waals surface area contributed by atoms with Crippen LogP contribution >= 0.6 is 11.6 Å². The summed E-state index contributed by atoms with van der Waals surface area (Å²) in [6.45, 7) is 1.72. The van der Waals surface area contributed by atoms with Crippen molar-refractivity contribution in [3.05, 3.63) is 59.2 Å². The highest BCUT2D eigenvalue weighted by Gasteiger charge is 2.18. The first-order valence-electron chi connectivity index (χ1n) is 7.03. The Morgan fingerprint density at radius 1 is 1.21 bits per heavy atom. The van der Waals surface area contributed by atoms with Crippen molar-refractivity contribution in [3.63, 3.8) is 0 Å². The largest absolute Gasteiger partial charge is 0.479 e. The van der Waals surface area contributed by atoms with Gasteiger partial charge in [-0.3, -0.25) is 0 Å². The van der Waals surface area contributed by atoms with Gasteiger partial charge in [0.05, 0.1) is 6.20 Å². The number of aromatic nitrogens is 3. The van der Waals surface area contributed by atoms with Crippen LogP contribution in [0.15, 0.2) is 47.1 Å². The second-order valence-corrected chi connectivity index (χ2v) is 5.35. The molecule has 0 aliphatic carbocycles. The molecule has 0 spiro atoms. The standard InChI is InChI=1S/C16H12ClF2N3O2/c1-9(23-12-5-6-13(17)20-8-12)16-21-15(22-24-16)11-4-2-3-10(7-11)14(18)19/h2-9,14H,1H3/t9-/m0/s1. The van der Waals surface area contributed by atoms with Gasteiger partial charge >= 0.3 is 0 Å². The van der Waals surface area contributed by atoms with Crippen LogP contribution in [0.25, 0.3) is 11.4 Å². The average molecular weight is 352 g/mol. The minimum absolute atomic E-state index is 0.101. The lowest BCUT2D eigenvalue weighted by Crippen LogP contribution is -2.03. The summed E-state index contributed by atoms with van der Waals surface area (Å²) in [5, 5.41) is 4.17. The summed E-state index contributed by atoms with van der Waals surface area (Å²) < 4.78 is 36.3. The Labute approximate surface area is 141 Å². The Balaban J connectivity index is 1.77. The number of hydrogen-bond donors (Lipinski definition) is 0.